The van der Waals surface area contributed by atoms with Gasteiger partial charge in [0.25, 0.3) is 0 Å². The van der Waals surface area contributed by atoms with Crippen molar-refractivity contribution >= 4 is 38.9 Å². The lowest BCUT2D eigenvalue weighted by molar-refractivity contribution is -0.148. The minimum absolute atomic E-state index is 0.0277. The van der Waals surface area contributed by atoms with Gasteiger partial charge in [0.05, 0.1) is 16.0 Å². The topological polar surface area (TPSA) is 123 Å². The number of sulfone groups is 1. The van der Waals surface area contributed by atoms with Gasteiger partial charge in [-0.05, 0) is 75.0 Å². The molecule has 1 saturated heterocycles. The maximum Gasteiger partial charge on any atom is 0.227 e. The van der Waals surface area contributed by atoms with Crippen molar-refractivity contribution in [3.8, 4) is 12.3 Å². The normalized spacial score (nSPS) is 26.5. The van der Waals surface area contributed by atoms with Gasteiger partial charge in [-0.25, -0.2) is 8.42 Å². The molecule has 0 bridgehead atoms. The maximum atomic E-state index is 14.5. The number of Topliss-reactive ketones (excluding diaryl/α,β-unsaturated/α-hetero) is 4. The first-order chi connectivity index (χ1) is 22.1. The molecule has 2 aliphatic carbocycles. The molecule has 8 nitrogen and oxygen atoms in total. The van der Waals surface area contributed by atoms with E-state index >= 15 is 0 Å². The van der Waals surface area contributed by atoms with Crippen LogP contribution >= 0.6 is 0 Å². The Morgan fingerprint density at radius 3 is 2.21 bits per heavy atom. The molecule has 7 atom stereocenters. The number of amides is 1. The van der Waals surface area contributed by atoms with Crippen LogP contribution < -0.4 is 0 Å². The summed E-state index contributed by atoms with van der Waals surface area (Å²) in [7, 11) is -3.47. The molecule has 0 N–H and O–H groups in total. The summed E-state index contributed by atoms with van der Waals surface area (Å²) in [6.07, 6.45) is 10.7. The van der Waals surface area contributed by atoms with Gasteiger partial charge in [0.15, 0.2) is 21.4 Å². The number of terminal acetylenes is 1. The van der Waals surface area contributed by atoms with Gasteiger partial charge in [-0.1, -0.05) is 53.5 Å². The number of likely N-dealkylation sites (tertiary alicyclic amines) is 1. The first-order valence-electron chi connectivity index (χ1n) is 17.8. The Labute approximate surface area is 289 Å². The van der Waals surface area contributed by atoms with Crippen LogP contribution in [0.15, 0.2) is 12.7 Å². The summed E-state index contributed by atoms with van der Waals surface area (Å²) >= 11 is 0. The number of fused-ring (bicyclic) bond motifs is 1. The molecule has 3 aliphatic rings. The van der Waals surface area contributed by atoms with Crippen LogP contribution in [0.3, 0.4) is 0 Å². The van der Waals surface area contributed by atoms with E-state index in [9.17, 15) is 32.4 Å². The second kappa shape index (κ2) is 15.1. The van der Waals surface area contributed by atoms with Crippen LogP contribution in [-0.2, 0) is 33.8 Å². The Bertz CT molecular complexity index is 1420. The molecule has 3 rings (SSSR count). The standard InChI is InChI=1S/C39H59NO7S/c1-11-13-17-26(35(44)30(42)19-14-12-2)22-31(43)34-33-29(39(33,9)10)24-40(34)36(45)28(37(3,4)5)23-27(41)21-25-18-15-16-20-32(25)48(46,47)38(6,7)8/h1,12,25-26,28-29,32-34H,2,13-24H2,3-10H3/t25-,26?,28-,29+,32-,33+,34-/m1/s1. The lowest BCUT2D eigenvalue weighted by atomic mass is 9.75. The molecule has 0 aromatic carbocycles. The number of nitrogens with zero attached hydrogens (tertiary/aromatic N) is 1. The van der Waals surface area contributed by atoms with Crippen molar-refractivity contribution in [2.75, 3.05) is 6.54 Å². The number of carbonyl (C=O) groups is 5. The van der Waals surface area contributed by atoms with E-state index in [-0.39, 0.29) is 79.2 Å². The highest BCUT2D eigenvalue weighted by atomic mass is 32.2. The Morgan fingerprint density at radius 1 is 1.02 bits per heavy atom. The molecule has 0 aromatic heterocycles. The Kier molecular flexibility index (Phi) is 12.5. The van der Waals surface area contributed by atoms with Gasteiger partial charge in [-0.3, -0.25) is 24.0 Å². The number of piperidine rings is 1. The molecule has 9 heteroatoms. The molecule has 0 radical (unpaired) electrons. The SMILES string of the molecule is C#CCCC(CC(=O)[C@@H]1[C@@H]2[C@H](CN1C(=O)[C@@H](CC(=O)C[C@H]1CCCC[C@H]1S(=O)(=O)C(C)(C)C)C(C)(C)C)C2(C)C)C(=O)C(=O)CCC=C. The minimum Gasteiger partial charge on any atom is -0.332 e. The van der Waals surface area contributed by atoms with E-state index in [0.717, 1.165) is 12.8 Å². The van der Waals surface area contributed by atoms with E-state index in [1.807, 2.05) is 20.8 Å². The smallest absolute Gasteiger partial charge is 0.227 e. The van der Waals surface area contributed by atoms with Crippen molar-refractivity contribution in [3.63, 3.8) is 0 Å². The Balaban J connectivity index is 1.84. The molecule has 2 saturated carbocycles. The van der Waals surface area contributed by atoms with Gasteiger partial charge in [-0.2, -0.15) is 0 Å². The van der Waals surface area contributed by atoms with E-state index in [0.29, 0.717) is 25.8 Å². The second-order valence-electron chi connectivity index (χ2n) is 17.2. The van der Waals surface area contributed by atoms with E-state index < -0.39 is 54.7 Å². The van der Waals surface area contributed by atoms with Crippen molar-refractivity contribution in [3.05, 3.63) is 12.7 Å². The van der Waals surface area contributed by atoms with E-state index in [1.165, 1.54) is 0 Å². The summed E-state index contributed by atoms with van der Waals surface area (Å²) in [5.74, 6) is -1.07. The molecule has 1 heterocycles. The van der Waals surface area contributed by atoms with Crippen LogP contribution in [0.4, 0.5) is 0 Å². The summed E-state index contributed by atoms with van der Waals surface area (Å²) in [4.78, 5) is 69.7. The molecule has 1 aliphatic heterocycles. The summed E-state index contributed by atoms with van der Waals surface area (Å²) in [5, 5.41) is -0.581. The summed E-state index contributed by atoms with van der Waals surface area (Å²) in [5.41, 5.74) is -0.758. The highest BCUT2D eigenvalue weighted by Gasteiger charge is 2.69. The van der Waals surface area contributed by atoms with Crippen LogP contribution in [0.5, 0.6) is 0 Å². The second-order valence-corrected chi connectivity index (χ2v) is 20.1. The molecule has 0 spiro atoms. The number of rotatable bonds is 16. The molecule has 3 fully saturated rings. The van der Waals surface area contributed by atoms with Crippen molar-refractivity contribution in [2.45, 2.75) is 142 Å². The third-order valence-corrected chi connectivity index (χ3v) is 14.6. The largest absolute Gasteiger partial charge is 0.332 e. The van der Waals surface area contributed by atoms with Gasteiger partial charge >= 0.3 is 0 Å². The molecule has 0 aromatic rings. The summed E-state index contributed by atoms with van der Waals surface area (Å²) < 4.78 is 26.0. The quantitative estimate of drug-likeness (QED) is 0.105. The van der Waals surface area contributed by atoms with Crippen molar-refractivity contribution in [1.82, 2.24) is 4.90 Å². The van der Waals surface area contributed by atoms with Crippen LogP contribution in [0.25, 0.3) is 0 Å². The zero-order chi connectivity index (χ0) is 36.4. The van der Waals surface area contributed by atoms with Crippen LogP contribution in [0, 0.1) is 52.8 Å². The monoisotopic (exact) mass is 685 g/mol. The maximum absolute atomic E-state index is 14.5. The van der Waals surface area contributed by atoms with E-state index in [1.54, 1.807) is 31.7 Å². The lowest BCUT2D eigenvalue weighted by Crippen LogP contribution is -2.51. The van der Waals surface area contributed by atoms with E-state index in [4.69, 9.17) is 6.42 Å². The number of hydrogen-bond donors (Lipinski definition) is 0. The molecule has 1 unspecified atom stereocenters. The van der Waals surface area contributed by atoms with Crippen molar-refractivity contribution < 1.29 is 32.4 Å². The zero-order valence-corrected chi connectivity index (χ0v) is 31.4. The lowest BCUT2D eigenvalue weighted by Gasteiger charge is -2.38. The molecule has 48 heavy (non-hydrogen) atoms. The highest BCUT2D eigenvalue weighted by Crippen LogP contribution is 2.65. The van der Waals surface area contributed by atoms with Crippen LogP contribution in [0.1, 0.15) is 126 Å². The van der Waals surface area contributed by atoms with Crippen molar-refractivity contribution in [2.24, 2.45) is 40.4 Å². The first kappa shape index (κ1) is 39.8. The first-order valence-corrected chi connectivity index (χ1v) is 19.4. The third kappa shape index (κ3) is 8.57. The van der Waals surface area contributed by atoms with Gasteiger partial charge in [0, 0.05) is 50.5 Å². The molecule has 1 amide bonds. The molecule has 268 valence electrons. The fourth-order valence-electron chi connectivity index (χ4n) is 8.25. The third-order valence-electron chi connectivity index (χ3n) is 11.5. The Hall–Kier alpha value is -2.60. The molecular formula is C39H59NO7S. The predicted octanol–water partition coefficient (Wildman–Crippen LogP) is 6.35. The zero-order valence-electron chi connectivity index (χ0n) is 30.6. The summed E-state index contributed by atoms with van der Waals surface area (Å²) in [6, 6.07) is -0.749. The van der Waals surface area contributed by atoms with Gasteiger partial charge < -0.3 is 4.90 Å². The highest BCUT2D eigenvalue weighted by molar-refractivity contribution is 7.93. The minimum atomic E-state index is -3.47. The number of hydrogen-bond acceptors (Lipinski definition) is 7. The average molecular weight is 686 g/mol. The average Bonchev–Trinajstić information content (AvgIpc) is 3.30. The van der Waals surface area contributed by atoms with Gasteiger partial charge in [0.2, 0.25) is 11.7 Å². The van der Waals surface area contributed by atoms with E-state index in [2.05, 4.69) is 26.3 Å². The van der Waals surface area contributed by atoms with Crippen LogP contribution in [0.2, 0.25) is 0 Å². The Morgan fingerprint density at radius 2 is 1.65 bits per heavy atom. The molecular weight excluding hydrogens is 626 g/mol. The number of allylic oxidation sites excluding steroid dienone is 1. The number of carbonyl (C=O) groups excluding carboxylic acids is 5. The summed E-state index contributed by atoms with van der Waals surface area (Å²) in [6.45, 7) is 19.0. The van der Waals surface area contributed by atoms with Gasteiger partial charge in [-0.15, -0.1) is 18.9 Å². The fraction of sp³-hybridized carbons (Fsp3) is 0.769. The predicted molar refractivity (Wildman–Crippen MR) is 188 cm³/mol. The van der Waals surface area contributed by atoms with Crippen LogP contribution in [-0.4, -0.2) is 64.9 Å². The van der Waals surface area contributed by atoms with Gasteiger partial charge in [0.1, 0.15) is 5.78 Å². The fourth-order valence-corrected chi connectivity index (χ4v) is 10.4. The van der Waals surface area contributed by atoms with Crippen molar-refractivity contribution in [1.29, 1.82) is 0 Å². The number of ketones is 4.